The third kappa shape index (κ3) is 3.14. The molecule has 0 saturated heterocycles. The van der Waals surface area contributed by atoms with E-state index in [-0.39, 0.29) is 12.5 Å². The molecule has 0 unspecified atom stereocenters. The van der Waals surface area contributed by atoms with Crippen molar-refractivity contribution in [3.05, 3.63) is 45.6 Å². The third-order valence-corrected chi connectivity index (χ3v) is 4.40. The maximum absolute atomic E-state index is 12.4. The number of amides is 1. The van der Waals surface area contributed by atoms with E-state index in [1.54, 1.807) is 18.0 Å². The molecule has 1 aliphatic heterocycles. The van der Waals surface area contributed by atoms with Crippen molar-refractivity contribution in [2.45, 2.75) is 12.6 Å². The molecule has 0 aliphatic carbocycles. The first-order valence-electron chi connectivity index (χ1n) is 6.51. The summed E-state index contributed by atoms with van der Waals surface area (Å²) in [5.74, 6) is 1.18. The summed E-state index contributed by atoms with van der Waals surface area (Å²) < 4.78 is 12.0. The van der Waals surface area contributed by atoms with Crippen LogP contribution in [-0.2, 0) is 11.3 Å². The summed E-state index contributed by atoms with van der Waals surface area (Å²) in [6.07, 6.45) is -0.611. The van der Waals surface area contributed by atoms with E-state index >= 15 is 0 Å². The number of rotatable bonds is 3. The molecule has 2 heterocycles. The van der Waals surface area contributed by atoms with E-state index in [1.165, 1.54) is 11.3 Å². The van der Waals surface area contributed by atoms with E-state index < -0.39 is 6.10 Å². The predicted molar refractivity (Wildman–Crippen MR) is 82.2 cm³/mol. The highest BCUT2D eigenvalue weighted by atomic mass is 35.5. The van der Waals surface area contributed by atoms with Crippen molar-refractivity contribution in [2.24, 2.45) is 0 Å². The van der Waals surface area contributed by atoms with Crippen molar-refractivity contribution in [2.75, 3.05) is 13.7 Å². The SMILES string of the molecule is CN(Cc1ccc(Cl)s1)C(=O)[C@H]1COc2ccccc2O1. The molecule has 0 spiro atoms. The van der Waals surface area contributed by atoms with Gasteiger partial charge >= 0.3 is 0 Å². The molecule has 2 aromatic rings. The van der Waals surface area contributed by atoms with Crippen molar-refractivity contribution < 1.29 is 14.3 Å². The molecule has 0 N–H and O–H groups in total. The summed E-state index contributed by atoms with van der Waals surface area (Å²) in [5.41, 5.74) is 0. The van der Waals surface area contributed by atoms with E-state index in [9.17, 15) is 4.79 Å². The van der Waals surface area contributed by atoms with Gasteiger partial charge in [0.15, 0.2) is 11.5 Å². The Hall–Kier alpha value is -1.72. The Morgan fingerprint density at radius 2 is 2.10 bits per heavy atom. The zero-order chi connectivity index (χ0) is 14.8. The van der Waals surface area contributed by atoms with Gasteiger partial charge < -0.3 is 14.4 Å². The van der Waals surface area contributed by atoms with E-state index in [2.05, 4.69) is 0 Å². The molecule has 1 aliphatic rings. The lowest BCUT2D eigenvalue weighted by molar-refractivity contribution is -0.140. The quantitative estimate of drug-likeness (QED) is 0.870. The van der Waals surface area contributed by atoms with Gasteiger partial charge in [-0.05, 0) is 24.3 Å². The first kappa shape index (κ1) is 14.2. The summed E-state index contributed by atoms with van der Waals surface area (Å²) in [6.45, 7) is 0.739. The molecule has 6 heteroatoms. The summed E-state index contributed by atoms with van der Waals surface area (Å²) in [7, 11) is 1.75. The molecule has 0 bridgehead atoms. The Kier molecular flexibility index (Phi) is 4.03. The molecule has 1 amide bonds. The van der Waals surface area contributed by atoms with Gasteiger partial charge in [0, 0.05) is 11.9 Å². The van der Waals surface area contributed by atoms with Gasteiger partial charge in [0.2, 0.25) is 6.10 Å². The van der Waals surface area contributed by atoms with E-state index in [0.717, 1.165) is 9.21 Å². The van der Waals surface area contributed by atoms with Crippen LogP contribution in [0, 0.1) is 0 Å². The second-order valence-corrected chi connectivity index (χ2v) is 6.56. The number of thiophene rings is 1. The highest BCUT2D eigenvalue weighted by Gasteiger charge is 2.29. The number of nitrogens with zero attached hydrogens (tertiary/aromatic N) is 1. The second kappa shape index (κ2) is 5.95. The van der Waals surface area contributed by atoms with Crippen LogP contribution in [0.3, 0.4) is 0 Å². The van der Waals surface area contributed by atoms with Gasteiger partial charge in [0.1, 0.15) is 6.61 Å². The molecule has 1 aromatic carbocycles. The summed E-state index contributed by atoms with van der Waals surface area (Å²) in [4.78, 5) is 15.1. The Morgan fingerprint density at radius 1 is 1.33 bits per heavy atom. The van der Waals surface area contributed by atoms with E-state index in [1.807, 2.05) is 30.3 Å². The first-order valence-corrected chi connectivity index (χ1v) is 7.70. The van der Waals surface area contributed by atoms with E-state index in [0.29, 0.717) is 18.0 Å². The van der Waals surface area contributed by atoms with Crippen LogP contribution in [0.1, 0.15) is 4.88 Å². The van der Waals surface area contributed by atoms with Crippen LogP contribution in [-0.4, -0.2) is 30.6 Å². The molecule has 0 radical (unpaired) electrons. The average molecular weight is 324 g/mol. The number of fused-ring (bicyclic) bond motifs is 1. The van der Waals surface area contributed by atoms with E-state index in [4.69, 9.17) is 21.1 Å². The number of carbonyl (C=O) groups is 1. The van der Waals surface area contributed by atoms with Crippen LogP contribution in [0.15, 0.2) is 36.4 Å². The van der Waals surface area contributed by atoms with Gasteiger partial charge in [-0.3, -0.25) is 4.79 Å². The number of hydrogen-bond donors (Lipinski definition) is 0. The Bertz CT molecular complexity index is 658. The number of ether oxygens (including phenoxy) is 2. The first-order chi connectivity index (χ1) is 10.1. The number of halogens is 1. The second-order valence-electron chi connectivity index (χ2n) is 4.76. The van der Waals surface area contributed by atoms with Crippen molar-refractivity contribution in [1.29, 1.82) is 0 Å². The number of likely N-dealkylation sites (N-methyl/N-ethyl adjacent to an activating group) is 1. The highest BCUT2D eigenvalue weighted by molar-refractivity contribution is 7.16. The number of para-hydroxylation sites is 2. The standard InChI is InChI=1S/C15H14ClNO3S/c1-17(8-10-6-7-14(16)21-10)15(18)13-9-19-11-4-2-3-5-12(11)20-13/h2-7,13H,8-9H2,1H3/t13-/m1/s1. The topological polar surface area (TPSA) is 38.8 Å². The van der Waals surface area contributed by atoms with Gasteiger partial charge in [-0.25, -0.2) is 0 Å². The molecule has 0 fully saturated rings. The number of hydrogen-bond acceptors (Lipinski definition) is 4. The smallest absolute Gasteiger partial charge is 0.267 e. The number of benzene rings is 1. The fourth-order valence-electron chi connectivity index (χ4n) is 2.14. The minimum atomic E-state index is -0.611. The predicted octanol–water partition coefficient (Wildman–Crippen LogP) is 3.20. The molecule has 4 nitrogen and oxygen atoms in total. The Labute approximate surface area is 131 Å². The minimum Gasteiger partial charge on any atom is -0.485 e. The lowest BCUT2D eigenvalue weighted by Crippen LogP contribution is -2.44. The van der Waals surface area contributed by atoms with Gasteiger partial charge in [0.25, 0.3) is 5.91 Å². The van der Waals surface area contributed by atoms with Crippen LogP contribution in [0.4, 0.5) is 0 Å². The monoisotopic (exact) mass is 323 g/mol. The molecule has 0 saturated carbocycles. The maximum Gasteiger partial charge on any atom is 0.267 e. The van der Waals surface area contributed by atoms with Gasteiger partial charge in [-0.15, -0.1) is 11.3 Å². The van der Waals surface area contributed by atoms with Gasteiger partial charge in [0.05, 0.1) is 10.9 Å². The lowest BCUT2D eigenvalue weighted by Gasteiger charge is -2.28. The van der Waals surface area contributed by atoms with Crippen molar-refractivity contribution >= 4 is 28.8 Å². The molecule has 3 rings (SSSR count). The Balaban J connectivity index is 1.66. The fraction of sp³-hybridized carbons (Fsp3) is 0.267. The normalized spacial score (nSPS) is 16.6. The van der Waals surface area contributed by atoms with Crippen LogP contribution in [0.2, 0.25) is 4.34 Å². The summed E-state index contributed by atoms with van der Waals surface area (Å²) in [6, 6.07) is 11.1. The van der Waals surface area contributed by atoms with Crippen LogP contribution in [0.5, 0.6) is 11.5 Å². The largest absolute Gasteiger partial charge is 0.485 e. The maximum atomic E-state index is 12.4. The molecular weight excluding hydrogens is 310 g/mol. The minimum absolute atomic E-state index is 0.103. The van der Waals surface area contributed by atoms with Crippen molar-refractivity contribution in [3.8, 4) is 11.5 Å². The summed E-state index contributed by atoms with van der Waals surface area (Å²) in [5, 5.41) is 0. The van der Waals surface area contributed by atoms with Crippen molar-refractivity contribution in [3.63, 3.8) is 0 Å². The van der Waals surface area contributed by atoms with Gasteiger partial charge in [-0.2, -0.15) is 0 Å². The van der Waals surface area contributed by atoms with Crippen molar-refractivity contribution in [1.82, 2.24) is 4.90 Å². The van der Waals surface area contributed by atoms with Crippen LogP contribution < -0.4 is 9.47 Å². The molecule has 21 heavy (non-hydrogen) atoms. The average Bonchev–Trinajstić information content (AvgIpc) is 2.91. The van der Waals surface area contributed by atoms with Crippen LogP contribution >= 0.6 is 22.9 Å². The fourth-order valence-corrected chi connectivity index (χ4v) is 3.28. The lowest BCUT2D eigenvalue weighted by atomic mass is 10.2. The zero-order valence-corrected chi connectivity index (χ0v) is 13.0. The van der Waals surface area contributed by atoms with Gasteiger partial charge in [-0.1, -0.05) is 23.7 Å². The van der Waals surface area contributed by atoms with Crippen LogP contribution in [0.25, 0.3) is 0 Å². The third-order valence-electron chi connectivity index (χ3n) is 3.18. The Morgan fingerprint density at radius 3 is 2.81 bits per heavy atom. The molecular formula is C15H14ClNO3S. The summed E-state index contributed by atoms with van der Waals surface area (Å²) >= 11 is 7.37. The number of carbonyl (C=O) groups excluding carboxylic acids is 1. The molecule has 110 valence electrons. The highest BCUT2D eigenvalue weighted by Crippen LogP contribution is 2.31. The molecule has 1 atom stereocenters. The molecule has 1 aromatic heterocycles. The zero-order valence-electron chi connectivity index (χ0n) is 11.4.